The summed E-state index contributed by atoms with van der Waals surface area (Å²) >= 11 is 0. The van der Waals surface area contributed by atoms with Crippen LogP contribution in [0.4, 0.5) is 0 Å². The molecule has 2 aliphatic rings. The maximum absolute atomic E-state index is 5.36. The maximum Gasteiger partial charge on any atom is 0.160 e. The normalized spacial score (nSPS) is 18.4. The Labute approximate surface area is 121 Å². The molecule has 110 valence electrons. The van der Waals surface area contributed by atoms with Gasteiger partial charge >= 0.3 is 0 Å². The van der Waals surface area contributed by atoms with E-state index in [1.807, 2.05) is 6.07 Å². The second kappa shape index (κ2) is 6.04. The molecule has 3 heteroatoms. The Bertz CT molecular complexity index is 440. The Hall–Kier alpha value is -1.22. The van der Waals surface area contributed by atoms with Crippen molar-refractivity contribution in [3.05, 3.63) is 23.8 Å². The molecule has 0 amide bonds. The minimum atomic E-state index is 0.787. The summed E-state index contributed by atoms with van der Waals surface area (Å²) in [5.74, 6) is 3.56. The zero-order valence-corrected chi connectivity index (χ0v) is 12.5. The Kier molecular flexibility index (Phi) is 4.16. The summed E-state index contributed by atoms with van der Waals surface area (Å²) < 4.78 is 10.6. The lowest BCUT2D eigenvalue weighted by atomic mass is 10.1. The van der Waals surface area contributed by atoms with Crippen molar-refractivity contribution in [3.63, 3.8) is 0 Å². The van der Waals surface area contributed by atoms with Crippen molar-refractivity contribution in [1.82, 2.24) is 5.32 Å². The highest BCUT2D eigenvalue weighted by atomic mass is 16.5. The number of methoxy groups -OCH3 is 2. The number of ether oxygens (including phenoxy) is 2. The first kappa shape index (κ1) is 13.7. The van der Waals surface area contributed by atoms with Crippen molar-refractivity contribution in [2.75, 3.05) is 20.8 Å². The van der Waals surface area contributed by atoms with Crippen LogP contribution in [0, 0.1) is 11.8 Å². The summed E-state index contributed by atoms with van der Waals surface area (Å²) in [7, 11) is 3.37. The highest BCUT2D eigenvalue weighted by molar-refractivity contribution is 5.42. The second-order valence-electron chi connectivity index (χ2n) is 6.09. The van der Waals surface area contributed by atoms with E-state index in [0.29, 0.717) is 0 Å². The van der Waals surface area contributed by atoms with Gasteiger partial charge in [0.25, 0.3) is 0 Å². The molecule has 0 heterocycles. The first-order valence-corrected chi connectivity index (χ1v) is 7.76. The summed E-state index contributed by atoms with van der Waals surface area (Å²) in [5, 5.41) is 3.79. The lowest BCUT2D eigenvalue weighted by Crippen LogP contribution is -2.34. The molecule has 20 heavy (non-hydrogen) atoms. The summed E-state index contributed by atoms with van der Waals surface area (Å²) in [4.78, 5) is 0. The van der Waals surface area contributed by atoms with Gasteiger partial charge in [0, 0.05) is 6.04 Å². The largest absolute Gasteiger partial charge is 0.493 e. The van der Waals surface area contributed by atoms with E-state index in [-0.39, 0.29) is 0 Å². The predicted octanol–water partition coefficient (Wildman–Crippen LogP) is 3.02. The Balaban J connectivity index is 1.52. The second-order valence-corrected chi connectivity index (χ2v) is 6.09. The third-order valence-corrected chi connectivity index (χ3v) is 4.50. The minimum absolute atomic E-state index is 0.787. The van der Waals surface area contributed by atoms with Crippen LogP contribution < -0.4 is 14.8 Å². The minimum Gasteiger partial charge on any atom is -0.493 e. The predicted molar refractivity (Wildman–Crippen MR) is 80.5 cm³/mol. The molecule has 0 spiro atoms. The molecule has 1 aromatic carbocycles. The van der Waals surface area contributed by atoms with Gasteiger partial charge in [0.15, 0.2) is 11.5 Å². The van der Waals surface area contributed by atoms with Crippen LogP contribution in [0.5, 0.6) is 11.5 Å². The van der Waals surface area contributed by atoms with Crippen LogP contribution in [-0.2, 0) is 6.42 Å². The van der Waals surface area contributed by atoms with Crippen LogP contribution in [0.2, 0.25) is 0 Å². The molecule has 3 nitrogen and oxygen atoms in total. The maximum atomic E-state index is 5.36. The zero-order valence-electron chi connectivity index (χ0n) is 12.5. The monoisotopic (exact) mass is 275 g/mol. The third kappa shape index (κ3) is 3.26. The number of nitrogens with one attached hydrogen (secondary N) is 1. The molecule has 2 aliphatic carbocycles. The molecule has 3 rings (SSSR count). The number of benzene rings is 1. The van der Waals surface area contributed by atoms with Gasteiger partial charge < -0.3 is 14.8 Å². The summed E-state index contributed by atoms with van der Waals surface area (Å²) in [6, 6.07) is 7.00. The summed E-state index contributed by atoms with van der Waals surface area (Å²) in [6.07, 6.45) is 6.79. The Morgan fingerprint density at radius 1 is 1.05 bits per heavy atom. The van der Waals surface area contributed by atoms with Crippen LogP contribution in [0.3, 0.4) is 0 Å². The average Bonchev–Trinajstić information content (AvgIpc) is 3.36. The Morgan fingerprint density at radius 3 is 2.25 bits per heavy atom. The first-order valence-electron chi connectivity index (χ1n) is 7.76. The van der Waals surface area contributed by atoms with E-state index in [4.69, 9.17) is 9.47 Å². The quantitative estimate of drug-likeness (QED) is 0.791. The van der Waals surface area contributed by atoms with Crippen molar-refractivity contribution in [2.24, 2.45) is 11.8 Å². The van der Waals surface area contributed by atoms with Crippen LogP contribution in [-0.4, -0.2) is 26.8 Å². The first-order chi connectivity index (χ1) is 9.81. The molecule has 0 aromatic heterocycles. The molecular weight excluding hydrogens is 250 g/mol. The molecular formula is C17H25NO2. The molecule has 0 atom stereocenters. The van der Waals surface area contributed by atoms with Crippen molar-refractivity contribution in [3.8, 4) is 11.5 Å². The number of hydrogen-bond donors (Lipinski definition) is 1. The van der Waals surface area contributed by atoms with Gasteiger partial charge in [0.2, 0.25) is 0 Å². The van der Waals surface area contributed by atoms with Crippen LogP contribution >= 0.6 is 0 Å². The molecule has 0 unspecified atom stereocenters. The van der Waals surface area contributed by atoms with Gasteiger partial charge in [-0.15, -0.1) is 0 Å². The van der Waals surface area contributed by atoms with Crippen molar-refractivity contribution in [2.45, 2.75) is 38.1 Å². The van der Waals surface area contributed by atoms with E-state index in [0.717, 1.165) is 42.3 Å². The highest BCUT2D eigenvalue weighted by Crippen LogP contribution is 2.44. The van der Waals surface area contributed by atoms with Crippen molar-refractivity contribution < 1.29 is 9.47 Å². The molecule has 0 saturated heterocycles. The summed E-state index contributed by atoms with van der Waals surface area (Å²) in [6.45, 7) is 1.06. The molecule has 0 bridgehead atoms. The SMILES string of the molecule is COc1ccc(CCNC(C2CC2)C2CC2)cc1OC. The van der Waals surface area contributed by atoms with Crippen molar-refractivity contribution in [1.29, 1.82) is 0 Å². The zero-order chi connectivity index (χ0) is 13.9. The highest BCUT2D eigenvalue weighted by Gasteiger charge is 2.40. The van der Waals surface area contributed by atoms with Gasteiger partial charge in [0.05, 0.1) is 14.2 Å². The van der Waals surface area contributed by atoms with Crippen LogP contribution in [0.15, 0.2) is 18.2 Å². The fraction of sp³-hybridized carbons (Fsp3) is 0.647. The van der Waals surface area contributed by atoms with E-state index in [1.54, 1.807) is 14.2 Å². The molecule has 1 aromatic rings. The smallest absolute Gasteiger partial charge is 0.160 e. The van der Waals surface area contributed by atoms with E-state index in [1.165, 1.54) is 31.2 Å². The van der Waals surface area contributed by atoms with E-state index < -0.39 is 0 Å². The van der Waals surface area contributed by atoms with Gasteiger partial charge in [0.1, 0.15) is 0 Å². The van der Waals surface area contributed by atoms with Gasteiger partial charge in [-0.05, 0) is 68.2 Å². The standard InChI is InChI=1S/C17H25NO2/c1-19-15-8-3-12(11-16(15)20-2)9-10-18-17(13-4-5-13)14-6-7-14/h3,8,11,13-14,17-18H,4-7,9-10H2,1-2H3. The van der Waals surface area contributed by atoms with Crippen LogP contribution in [0.25, 0.3) is 0 Å². The van der Waals surface area contributed by atoms with E-state index in [9.17, 15) is 0 Å². The van der Waals surface area contributed by atoms with Gasteiger partial charge in [-0.1, -0.05) is 6.07 Å². The molecule has 0 radical (unpaired) electrons. The third-order valence-electron chi connectivity index (χ3n) is 4.50. The summed E-state index contributed by atoms with van der Waals surface area (Å²) in [5.41, 5.74) is 1.31. The van der Waals surface area contributed by atoms with E-state index >= 15 is 0 Å². The average molecular weight is 275 g/mol. The lowest BCUT2D eigenvalue weighted by Gasteiger charge is -2.17. The van der Waals surface area contributed by atoms with Crippen LogP contribution in [0.1, 0.15) is 31.2 Å². The van der Waals surface area contributed by atoms with E-state index in [2.05, 4.69) is 17.4 Å². The number of hydrogen-bond acceptors (Lipinski definition) is 3. The fourth-order valence-electron chi connectivity index (χ4n) is 3.05. The van der Waals surface area contributed by atoms with Gasteiger partial charge in [-0.2, -0.15) is 0 Å². The molecule has 2 saturated carbocycles. The topological polar surface area (TPSA) is 30.5 Å². The van der Waals surface area contributed by atoms with Gasteiger partial charge in [-0.3, -0.25) is 0 Å². The molecule has 2 fully saturated rings. The van der Waals surface area contributed by atoms with Gasteiger partial charge in [-0.25, -0.2) is 0 Å². The molecule has 1 N–H and O–H groups in total. The van der Waals surface area contributed by atoms with Crippen molar-refractivity contribution >= 4 is 0 Å². The lowest BCUT2D eigenvalue weighted by molar-refractivity contribution is 0.354. The Morgan fingerprint density at radius 2 is 1.70 bits per heavy atom. The fourth-order valence-corrected chi connectivity index (χ4v) is 3.05. The molecule has 0 aliphatic heterocycles. The number of rotatable bonds is 8.